The molecule has 5 nitrogen and oxygen atoms in total. The molecule has 2 unspecified atom stereocenters. The molecule has 7 heteroatoms. The third-order valence-corrected chi connectivity index (χ3v) is 7.09. The van der Waals surface area contributed by atoms with Crippen LogP contribution in [0.25, 0.3) is 0 Å². The third kappa shape index (κ3) is 3.65. The highest BCUT2D eigenvalue weighted by Crippen LogP contribution is 2.62. The monoisotopic (exact) mass is 423 g/mol. The van der Waals surface area contributed by atoms with Crippen LogP contribution in [0.15, 0.2) is 42.6 Å². The van der Waals surface area contributed by atoms with Gasteiger partial charge in [-0.2, -0.15) is 5.26 Å². The van der Waals surface area contributed by atoms with Crippen molar-refractivity contribution in [3.8, 4) is 11.9 Å². The lowest BCUT2D eigenvalue weighted by Crippen LogP contribution is -2.38. The van der Waals surface area contributed by atoms with Gasteiger partial charge >= 0.3 is 0 Å². The van der Waals surface area contributed by atoms with Crippen LogP contribution in [0.5, 0.6) is 5.88 Å². The Hall–Kier alpha value is -3.01. The van der Waals surface area contributed by atoms with Gasteiger partial charge in [-0.15, -0.1) is 0 Å². The smallest absolute Gasteiger partial charge is 0.226 e. The van der Waals surface area contributed by atoms with Gasteiger partial charge in [-0.3, -0.25) is 4.79 Å². The maximum atomic E-state index is 14.3. The fraction of sp³-hybridized carbons (Fsp3) is 0.458. The summed E-state index contributed by atoms with van der Waals surface area (Å²) in [5.74, 6) is 0.145. The predicted molar refractivity (Wildman–Crippen MR) is 108 cm³/mol. The standard InChI is InChI=1S/C24H23F2N3O2/c25-18-3-1-2-16(7-18)21-8-19(26)13-29(21)23(30)20-11-24(9-17(20)10-24)14-31-22-6-15(12-27)4-5-28-22/h1-7,17,19-21H,8-11,13-14H2/t17?,19?,20-,21?,24?/m0/s1. The van der Waals surface area contributed by atoms with Crippen molar-refractivity contribution < 1.29 is 18.3 Å². The van der Waals surface area contributed by atoms with Gasteiger partial charge in [-0.25, -0.2) is 13.8 Å². The Morgan fingerprint density at radius 2 is 2.13 bits per heavy atom. The van der Waals surface area contributed by atoms with Crippen molar-refractivity contribution in [1.29, 1.82) is 5.26 Å². The molecule has 2 bridgehead atoms. The molecule has 3 aliphatic carbocycles. The Kier molecular flexibility index (Phi) is 4.88. The SMILES string of the molecule is N#Cc1ccnc(OCC23CC(C2)[C@@H](C(=O)N2CC(F)CC2c2cccc(F)c2)C3)c1. The fourth-order valence-electron chi connectivity index (χ4n) is 5.66. The van der Waals surface area contributed by atoms with E-state index in [1.807, 2.05) is 0 Å². The summed E-state index contributed by atoms with van der Waals surface area (Å²) >= 11 is 0. The number of ether oxygens (including phenoxy) is 1. The van der Waals surface area contributed by atoms with Gasteiger partial charge in [0.05, 0.1) is 30.8 Å². The second kappa shape index (κ2) is 7.60. The van der Waals surface area contributed by atoms with Gasteiger partial charge in [0.1, 0.15) is 12.0 Å². The first kappa shape index (κ1) is 19.9. The maximum Gasteiger partial charge on any atom is 0.226 e. The number of rotatable bonds is 5. The number of nitriles is 1. The van der Waals surface area contributed by atoms with Crippen LogP contribution in [-0.4, -0.2) is 35.1 Å². The minimum atomic E-state index is -1.09. The highest BCUT2D eigenvalue weighted by molar-refractivity contribution is 5.81. The average molecular weight is 423 g/mol. The lowest BCUT2D eigenvalue weighted by Gasteiger charge is -2.38. The van der Waals surface area contributed by atoms with Gasteiger partial charge in [0.2, 0.25) is 11.8 Å². The van der Waals surface area contributed by atoms with Crippen molar-refractivity contribution in [2.75, 3.05) is 13.2 Å². The molecular formula is C24H23F2N3O2. The number of nitrogens with zero attached hydrogens (tertiary/aromatic N) is 3. The molecule has 1 saturated heterocycles. The molecule has 3 atom stereocenters. The Morgan fingerprint density at radius 3 is 2.90 bits per heavy atom. The molecule has 0 spiro atoms. The minimum Gasteiger partial charge on any atom is -0.477 e. The summed E-state index contributed by atoms with van der Waals surface area (Å²) in [6, 6.07) is 11.0. The highest BCUT2D eigenvalue weighted by atomic mass is 19.1. The summed E-state index contributed by atoms with van der Waals surface area (Å²) in [5, 5.41) is 9.01. The Labute approximate surface area is 179 Å². The molecule has 3 saturated carbocycles. The number of pyridine rings is 1. The zero-order valence-corrected chi connectivity index (χ0v) is 17.0. The van der Waals surface area contributed by atoms with E-state index in [4.69, 9.17) is 10.00 Å². The van der Waals surface area contributed by atoms with E-state index >= 15 is 0 Å². The van der Waals surface area contributed by atoms with E-state index in [9.17, 15) is 13.6 Å². The fourth-order valence-corrected chi connectivity index (χ4v) is 5.66. The second-order valence-corrected chi connectivity index (χ2v) is 9.16. The molecule has 2 heterocycles. The lowest BCUT2D eigenvalue weighted by atomic mass is 9.70. The number of hydrogen-bond acceptors (Lipinski definition) is 4. The number of likely N-dealkylation sites (tertiary alicyclic amines) is 1. The van der Waals surface area contributed by atoms with E-state index in [1.54, 1.807) is 35.4 Å². The molecule has 4 aliphatic rings. The van der Waals surface area contributed by atoms with Gasteiger partial charge in [-0.1, -0.05) is 12.1 Å². The molecule has 160 valence electrons. The summed E-state index contributed by atoms with van der Waals surface area (Å²) in [6.45, 7) is 0.520. The lowest BCUT2D eigenvalue weighted by molar-refractivity contribution is -0.137. The van der Waals surface area contributed by atoms with Crippen LogP contribution in [0.2, 0.25) is 0 Å². The van der Waals surface area contributed by atoms with E-state index in [0.29, 0.717) is 30.0 Å². The molecule has 6 rings (SSSR count). The third-order valence-electron chi connectivity index (χ3n) is 7.09. The number of carbonyl (C=O) groups excluding carboxylic acids is 1. The molecule has 1 aromatic carbocycles. The first-order valence-corrected chi connectivity index (χ1v) is 10.7. The summed E-state index contributed by atoms with van der Waals surface area (Å²) in [5.41, 5.74) is 1.07. The number of alkyl halides is 1. The van der Waals surface area contributed by atoms with Crippen LogP contribution in [-0.2, 0) is 4.79 Å². The molecule has 0 N–H and O–H groups in total. The molecule has 1 amide bonds. The van der Waals surface area contributed by atoms with Crippen LogP contribution in [0.4, 0.5) is 8.78 Å². The van der Waals surface area contributed by atoms with E-state index < -0.39 is 12.2 Å². The number of halogens is 2. The second-order valence-electron chi connectivity index (χ2n) is 9.16. The van der Waals surface area contributed by atoms with E-state index in [2.05, 4.69) is 11.1 Å². The minimum absolute atomic E-state index is 0.0246. The van der Waals surface area contributed by atoms with Gasteiger partial charge < -0.3 is 9.64 Å². The van der Waals surface area contributed by atoms with Crippen LogP contribution < -0.4 is 4.74 Å². The van der Waals surface area contributed by atoms with Gasteiger partial charge in [0, 0.05) is 30.0 Å². The average Bonchev–Trinajstić information content (AvgIpc) is 3.43. The van der Waals surface area contributed by atoms with Crippen molar-refractivity contribution in [3.05, 3.63) is 59.5 Å². The van der Waals surface area contributed by atoms with Crippen molar-refractivity contribution in [2.45, 2.75) is 37.9 Å². The number of fused-ring (bicyclic) bond motifs is 1. The van der Waals surface area contributed by atoms with Crippen LogP contribution in [0.3, 0.4) is 0 Å². The van der Waals surface area contributed by atoms with Crippen molar-refractivity contribution in [2.24, 2.45) is 17.3 Å². The highest BCUT2D eigenvalue weighted by Gasteiger charge is 2.59. The van der Waals surface area contributed by atoms with Crippen LogP contribution in [0, 0.1) is 34.4 Å². The predicted octanol–water partition coefficient (Wildman–Crippen LogP) is 4.20. The zero-order valence-electron chi connectivity index (χ0n) is 17.0. The molecule has 31 heavy (non-hydrogen) atoms. The van der Waals surface area contributed by atoms with Crippen molar-refractivity contribution >= 4 is 5.91 Å². The number of hydrogen-bond donors (Lipinski definition) is 0. The maximum absolute atomic E-state index is 14.3. The van der Waals surface area contributed by atoms with E-state index in [-0.39, 0.29) is 41.9 Å². The summed E-state index contributed by atoms with van der Waals surface area (Å²) in [7, 11) is 0. The summed E-state index contributed by atoms with van der Waals surface area (Å²) in [6.07, 6.45) is 3.17. The van der Waals surface area contributed by atoms with Crippen molar-refractivity contribution in [3.63, 3.8) is 0 Å². The van der Waals surface area contributed by atoms with Crippen molar-refractivity contribution in [1.82, 2.24) is 9.88 Å². The summed E-state index contributed by atoms with van der Waals surface area (Å²) in [4.78, 5) is 19.1. The number of carbonyl (C=O) groups is 1. The Balaban J connectivity index is 1.26. The zero-order chi connectivity index (χ0) is 21.6. The molecule has 2 aromatic rings. The topological polar surface area (TPSA) is 66.2 Å². The van der Waals surface area contributed by atoms with Crippen LogP contribution >= 0.6 is 0 Å². The molecular weight excluding hydrogens is 400 g/mol. The van der Waals surface area contributed by atoms with E-state index in [0.717, 1.165) is 12.8 Å². The van der Waals surface area contributed by atoms with Gasteiger partial charge in [0.15, 0.2) is 0 Å². The Bertz CT molecular complexity index is 1050. The van der Waals surface area contributed by atoms with Crippen LogP contribution in [0.1, 0.15) is 42.9 Å². The number of amides is 1. The summed E-state index contributed by atoms with van der Waals surface area (Å²) < 4.78 is 33.8. The van der Waals surface area contributed by atoms with Gasteiger partial charge in [0.25, 0.3) is 0 Å². The first-order chi connectivity index (χ1) is 15.0. The molecule has 1 aromatic heterocycles. The molecule has 4 fully saturated rings. The molecule has 1 aliphatic heterocycles. The molecule has 0 radical (unpaired) electrons. The number of aromatic nitrogens is 1. The van der Waals surface area contributed by atoms with E-state index in [1.165, 1.54) is 12.1 Å². The largest absolute Gasteiger partial charge is 0.477 e. The number of benzene rings is 1. The first-order valence-electron chi connectivity index (χ1n) is 10.7. The Morgan fingerprint density at radius 1 is 1.29 bits per heavy atom. The quantitative estimate of drug-likeness (QED) is 0.723. The normalized spacial score (nSPS) is 31.2. The van der Waals surface area contributed by atoms with Gasteiger partial charge in [-0.05, 0) is 48.9 Å².